The van der Waals surface area contributed by atoms with Crippen LogP contribution in [0.25, 0.3) is 33.4 Å². The van der Waals surface area contributed by atoms with E-state index in [1.54, 1.807) is 17.6 Å². The average Bonchev–Trinajstić information content (AvgIpc) is 3.54. The highest BCUT2D eigenvalue weighted by atomic mass is 16.7. The molecule has 2 aromatic heterocycles. The van der Waals surface area contributed by atoms with Gasteiger partial charge in [0, 0.05) is 28.1 Å². The summed E-state index contributed by atoms with van der Waals surface area (Å²) in [6.45, 7) is 4.18. The predicted octanol–water partition coefficient (Wildman–Crippen LogP) is 4.43. The third kappa shape index (κ3) is 3.10. The first-order valence-corrected chi connectivity index (χ1v) is 13.0. The normalized spacial score (nSPS) is 18.8. The number of cyclic esters (lactones) is 1. The first-order chi connectivity index (χ1) is 18.4. The van der Waals surface area contributed by atoms with Crippen molar-refractivity contribution in [1.29, 1.82) is 0 Å². The van der Waals surface area contributed by atoms with E-state index in [1.807, 2.05) is 6.07 Å². The van der Waals surface area contributed by atoms with Gasteiger partial charge in [-0.1, -0.05) is 44.5 Å². The van der Waals surface area contributed by atoms with Gasteiger partial charge in [-0.15, -0.1) is 0 Å². The van der Waals surface area contributed by atoms with Crippen molar-refractivity contribution >= 4 is 16.9 Å². The minimum atomic E-state index is -1.86. The maximum absolute atomic E-state index is 13.5. The number of ether oxygens (including phenoxy) is 3. The van der Waals surface area contributed by atoms with Crippen LogP contribution >= 0.6 is 0 Å². The van der Waals surface area contributed by atoms with Crippen LogP contribution < -0.4 is 15.0 Å². The monoisotopic (exact) mass is 510 g/mol. The highest BCUT2D eigenvalue weighted by Gasteiger charge is 2.45. The molecule has 8 nitrogen and oxygen atoms in total. The van der Waals surface area contributed by atoms with Gasteiger partial charge in [-0.3, -0.25) is 4.79 Å². The molecule has 5 heterocycles. The molecule has 7 rings (SSSR count). The number of esters is 1. The standard InChI is InChI=1S/C30H26N2O6/c1-3-5-16-6-8-17(9-7-16)25-19-10-18-13-32-23(26(18)31-22(19)12-24-27(25)38-15-37-24)11-21-20(28(32)33)14-36-29(34)30(21,35)4-2/h6-12,35H,3-5,13-15H2,1-2H3/t30-/m0/s1. The van der Waals surface area contributed by atoms with E-state index in [4.69, 9.17) is 19.2 Å². The Kier molecular flexibility index (Phi) is 4.94. The first kappa shape index (κ1) is 23.0. The molecule has 3 aliphatic rings. The Morgan fingerprint density at radius 1 is 1.05 bits per heavy atom. The van der Waals surface area contributed by atoms with Crippen molar-refractivity contribution in [3.63, 3.8) is 0 Å². The number of carbonyl (C=O) groups excluding carboxylic acids is 1. The van der Waals surface area contributed by atoms with Crippen LogP contribution in [0.1, 0.15) is 48.9 Å². The van der Waals surface area contributed by atoms with Crippen LogP contribution in [-0.2, 0) is 34.7 Å². The van der Waals surface area contributed by atoms with E-state index in [9.17, 15) is 14.7 Å². The highest BCUT2D eigenvalue weighted by molar-refractivity contribution is 6.01. The summed E-state index contributed by atoms with van der Waals surface area (Å²) in [4.78, 5) is 31.0. The minimum absolute atomic E-state index is 0.101. The van der Waals surface area contributed by atoms with Gasteiger partial charge in [0.15, 0.2) is 17.1 Å². The summed E-state index contributed by atoms with van der Waals surface area (Å²) < 4.78 is 18.5. The third-order valence-electron chi connectivity index (χ3n) is 7.93. The number of aliphatic hydroxyl groups is 1. The average molecular weight is 511 g/mol. The lowest BCUT2D eigenvalue weighted by atomic mass is 9.86. The van der Waals surface area contributed by atoms with E-state index in [0.717, 1.165) is 34.9 Å². The van der Waals surface area contributed by atoms with Crippen molar-refractivity contribution in [2.45, 2.75) is 51.9 Å². The first-order valence-electron chi connectivity index (χ1n) is 13.0. The molecular weight excluding hydrogens is 484 g/mol. The number of hydrogen-bond donors (Lipinski definition) is 1. The van der Waals surface area contributed by atoms with Crippen molar-refractivity contribution in [3.8, 4) is 34.0 Å². The molecule has 38 heavy (non-hydrogen) atoms. The second-order valence-electron chi connectivity index (χ2n) is 10.1. The summed E-state index contributed by atoms with van der Waals surface area (Å²) in [6.07, 6.45) is 2.20. The van der Waals surface area contributed by atoms with Gasteiger partial charge in [-0.2, -0.15) is 0 Å². The molecule has 0 aliphatic carbocycles. The van der Waals surface area contributed by atoms with E-state index in [1.165, 1.54) is 5.56 Å². The van der Waals surface area contributed by atoms with Crippen LogP contribution in [-0.4, -0.2) is 27.4 Å². The van der Waals surface area contributed by atoms with Crippen LogP contribution in [0.15, 0.2) is 47.3 Å². The second kappa shape index (κ2) is 8.16. The summed E-state index contributed by atoms with van der Waals surface area (Å²) >= 11 is 0. The Hall–Kier alpha value is -4.17. The lowest BCUT2D eigenvalue weighted by molar-refractivity contribution is -0.172. The fraction of sp³-hybridized carbons (Fsp3) is 0.300. The largest absolute Gasteiger partial charge is 0.458 e. The van der Waals surface area contributed by atoms with Crippen molar-refractivity contribution in [2.24, 2.45) is 0 Å². The van der Waals surface area contributed by atoms with Gasteiger partial charge in [0.1, 0.15) is 6.61 Å². The minimum Gasteiger partial charge on any atom is -0.458 e. The summed E-state index contributed by atoms with van der Waals surface area (Å²) in [7, 11) is 0. The van der Waals surface area contributed by atoms with Crippen molar-refractivity contribution in [3.05, 3.63) is 75.1 Å². The Balaban J connectivity index is 1.44. The zero-order chi connectivity index (χ0) is 26.2. The number of benzene rings is 2. The molecule has 0 radical (unpaired) electrons. The molecule has 3 aliphatic heterocycles. The molecule has 0 spiro atoms. The number of aryl methyl sites for hydroxylation is 1. The van der Waals surface area contributed by atoms with Crippen LogP contribution in [0.5, 0.6) is 11.5 Å². The van der Waals surface area contributed by atoms with E-state index >= 15 is 0 Å². The van der Waals surface area contributed by atoms with Crippen LogP contribution in [0, 0.1) is 0 Å². The summed E-state index contributed by atoms with van der Waals surface area (Å²) in [6, 6.07) is 14.1. The molecule has 0 saturated carbocycles. The van der Waals surface area contributed by atoms with E-state index in [-0.39, 0.29) is 25.4 Å². The number of pyridine rings is 2. The fourth-order valence-electron chi connectivity index (χ4n) is 5.90. The van der Waals surface area contributed by atoms with Crippen LogP contribution in [0.4, 0.5) is 0 Å². The smallest absolute Gasteiger partial charge is 0.343 e. The van der Waals surface area contributed by atoms with Gasteiger partial charge in [-0.25, -0.2) is 9.78 Å². The summed E-state index contributed by atoms with van der Waals surface area (Å²) in [5, 5.41) is 12.0. The van der Waals surface area contributed by atoms with Gasteiger partial charge < -0.3 is 23.9 Å². The fourth-order valence-corrected chi connectivity index (χ4v) is 5.90. The van der Waals surface area contributed by atoms with Crippen molar-refractivity contribution < 1.29 is 24.1 Å². The highest BCUT2D eigenvalue weighted by Crippen LogP contribution is 2.48. The molecule has 0 unspecified atom stereocenters. The number of nitrogens with zero attached hydrogens (tertiary/aromatic N) is 2. The Morgan fingerprint density at radius 2 is 1.87 bits per heavy atom. The van der Waals surface area contributed by atoms with Gasteiger partial charge in [0.05, 0.1) is 29.0 Å². The van der Waals surface area contributed by atoms with E-state index in [0.29, 0.717) is 46.1 Å². The molecule has 1 atom stereocenters. The van der Waals surface area contributed by atoms with E-state index < -0.39 is 11.6 Å². The summed E-state index contributed by atoms with van der Waals surface area (Å²) in [5.74, 6) is 0.583. The Morgan fingerprint density at radius 3 is 2.63 bits per heavy atom. The zero-order valence-electron chi connectivity index (χ0n) is 21.2. The number of fused-ring (bicyclic) bond motifs is 6. The number of aromatic nitrogens is 2. The maximum Gasteiger partial charge on any atom is 0.343 e. The lowest BCUT2D eigenvalue weighted by Gasteiger charge is -2.31. The number of carbonyl (C=O) groups is 1. The van der Waals surface area contributed by atoms with Gasteiger partial charge in [0.2, 0.25) is 6.79 Å². The van der Waals surface area contributed by atoms with Gasteiger partial charge in [0.25, 0.3) is 5.56 Å². The molecule has 0 amide bonds. The van der Waals surface area contributed by atoms with Gasteiger partial charge >= 0.3 is 5.97 Å². The second-order valence-corrected chi connectivity index (χ2v) is 10.1. The predicted molar refractivity (Wildman–Crippen MR) is 140 cm³/mol. The number of hydrogen-bond acceptors (Lipinski definition) is 7. The molecule has 2 aromatic carbocycles. The molecule has 0 fully saturated rings. The Labute approximate surface area is 218 Å². The van der Waals surface area contributed by atoms with Crippen LogP contribution in [0.3, 0.4) is 0 Å². The molecular formula is C30H26N2O6. The molecule has 4 aromatic rings. The third-order valence-corrected chi connectivity index (χ3v) is 7.93. The lowest BCUT2D eigenvalue weighted by Crippen LogP contribution is -2.44. The topological polar surface area (TPSA) is 99.9 Å². The summed E-state index contributed by atoms with van der Waals surface area (Å²) in [5.41, 5.74) is 4.50. The quantitative estimate of drug-likeness (QED) is 0.357. The zero-order valence-corrected chi connectivity index (χ0v) is 21.2. The molecule has 8 heteroatoms. The SMILES string of the molecule is CCCc1ccc(-c2c3c(cc4nc5c(cc24)Cn2c-5cc4c(c2=O)COC(=O)[C@]4(O)CC)OCO3)cc1. The van der Waals surface area contributed by atoms with Crippen molar-refractivity contribution in [1.82, 2.24) is 9.55 Å². The number of rotatable bonds is 4. The molecule has 0 saturated heterocycles. The maximum atomic E-state index is 13.5. The molecule has 0 bridgehead atoms. The van der Waals surface area contributed by atoms with Gasteiger partial charge in [-0.05, 0) is 36.1 Å². The molecule has 1 N–H and O–H groups in total. The van der Waals surface area contributed by atoms with Crippen molar-refractivity contribution in [2.75, 3.05) is 6.79 Å². The Bertz CT molecular complexity index is 1720. The molecule has 192 valence electrons. The van der Waals surface area contributed by atoms with E-state index in [2.05, 4.69) is 37.3 Å². The van der Waals surface area contributed by atoms with Crippen LogP contribution in [0.2, 0.25) is 0 Å².